The molecule has 0 radical (unpaired) electrons. The van der Waals surface area contributed by atoms with Crippen LogP contribution in [0.1, 0.15) is 20.7 Å². The smallest absolute Gasteiger partial charge is 0.276 e. The summed E-state index contributed by atoms with van der Waals surface area (Å²) in [7, 11) is 0. The van der Waals surface area contributed by atoms with Crippen LogP contribution < -0.4 is 21.6 Å². The van der Waals surface area contributed by atoms with Crippen molar-refractivity contribution >= 4 is 123 Å². The van der Waals surface area contributed by atoms with E-state index in [0.29, 0.717) is 26.4 Å². The van der Waals surface area contributed by atoms with E-state index >= 15 is 0 Å². The number of benzene rings is 4. The van der Waals surface area contributed by atoms with Crippen molar-refractivity contribution in [1.82, 2.24) is 11.0 Å². The van der Waals surface area contributed by atoms with E-state index in [1.807, 2.05) is 0 Å². The van der Waals surface area contributed by atoms with Crippen molar-refractivity contribution in [3.63, 3.8) is 0 Å². The summed E-state index contributed by atoms with van der Waals surface area (Å²) in [5, 5.41) is 21.9. The molecular formula is C26H14Br2ClF5I2N4O4. The van der Waals surface area contributed by atoms with Gasteiger partial charge in [-0.25, -0.2) is 32.9 Å². The third-order valence-electron chi connectivity index (χ3n) is 5.40. The zero-order valence-electron chi connectivity index (χ0n) is 21.1. The predicted octanol–water partition coefficient (Wildman–Crippen LogP) is 9.18. The van der Waals surface area contributed by atoms with Crippen molar-refractivity contribution in [2.45, 2.75) is 0 Å². The number of rotatable bonds is 6. The first-order valence-electron chi connectivity index (χ1n) is 11.4. The number of carbonyl (C=O) groups is 2. The van der Waals surface area contributed by atoms with Crippen LogP contribution in [0.4, 0.5) is 44.7 Å². The summed E-state index contributed by atoms with van der Waals surface area (Å²) < 4.78 is 71.3. The molecule has 4 aromatic rings. The molecule has 0 saturated heterocycles. The Morgan fingerprint density at radius 2 is 1.07 bits per heavy atom. The minimum atomic E-state index is -1.72. The van der Waals surface area contributed by atoms with Crippen molar-refractivity contribution in [2.24, 2.45) is 0 Å². The molecule has 0 unspecified atom stereocenters. The molecule has 0 aliphatic rings. The average molecular weight is 990 g/mol. The van der Waals surface area contributed by atoms with Crippen LogP contribution in [-0.4, -0.2) is 22.2 Å². The van der Waals surface area contributed by atoms with E-state index in [9.17, 15) is 31.5 Å². The second-order valence-corrected chi connectivity index (χ2v) is 12.8. The highest BCUT2D eigenvalue weighted by molar-refractivity contribution is 14.1. The van der Waals surface area contributed by atoms with E-state index in [-0.39, 0.29) is 5.56 Å². The fraction of sp³-hybridized carbons (Fsp3) is 0. The molecule has 232 valence electrons. The van der Waals surface area contributed by atoms with Crippen molar-refractivity contribution < 1.29 is 42.0 Å². The van der Waals surface area contributed by atoms with Crippen LogP contribution in [-0.2, 0) is 0 Å². The van der Waals surface area contributed by atoms with E-state index < -0.39 is 62.9 Å². The van der Waals surface area contributed by atoms with Gasteiger partial charge < -0.3 is 10.6 Å². The minimum Gasteiger partial charge on any atom is -0.351 e. The van der Waals surface area contributed by atoms with Gasteiger partial charge in [0.05, 0.1) is 38.9 Å². The Bertz CT molecular complexity index is 1650. The lowest BCUT2D eigenvalue weighted by molar-refractivity contribution is 0.0702. The first-order chi connectivity index (χ1) is 20.7. The number of hydrogen-bond donors (Lipinski definition) is 6. The molecule has 4 aromatic carbocycles. The third-order valence-corrected chi connectivity index (χ3v) is 8.33. The molecule has 18 heteroatoms. The number of amides is 2. The largest absolute Gasteiger partial charge is 0.351 e. The van der Waals surface area contributed by atoms with Gasteiger partial charge in [-0.15, -0.1) is 0 Å². The lowest BCUT2D eigenvalue weighted by Crippen LogP contribution is -2.21. The Kier molecular flexibility index (Phi) is 13.0. The highest BCUT2D eigenvalue weighted by atomic mass is 127. The molecule has 0 aliphatic carbocycles. The quantitative estimate of drug-likeness (QED) is 0.0377. The van der Waals surface area contributed by atoms with E-state index in [2.05, 4.69) is 87.7 Å². The lowest BCUT2D eigenvalue weighted by Gasteiger charge is -2.14. The topological polar surface area (TPSA) is 123 Å². The van der Waals surface area contributed by atoms with Crippen molar-refractivity contribution in [1.29, 1.82) is 0 Å². The molecule has 8 nitrogen and oxygen atoms in total. The van der Waals surface area contributed by atoms with Gasteiger partial charge in [0.2, 0.25) is 0 Å². The van der Waals surface area contributed by atoms with Gasteiger partial charge in [-0.2, -0.15) is 0 Å². The highest BCUT2D eigenvalue weighted by Crippen LogP contribution is 2.35. The molecular weight excluding hydrogens is 976 g/mol. The van der Waals surface area contributed by atoms with Gasteiger partial charge in [0, 0.05) is 16.1 Å². The molecule has 6 N–H and O–H groups in total. The van der Waals surface area contributed by atoms with Crippen LogP contribution in [0.5, 0.6) is 0 Å². The van der Waals surface area contributed by atoms with Crippen molar-refractivity contribution in [3.05, 3.63) is 110 Å². The summed E-state index contributed by atoms with van der Waals surface area (Å²) in [5.74, 6) is -9.64. The lowest BCUT2D eigenvalue weighted by atomic mass is 10.1. The van der Waals surface area contributed by atoms with Gasteiger partial charge in [0.1, 0.15) is 0 Å². The highest BCUT2D eigenvalue weighted by Gasteiger charge is 2.24. The summed E-state index contributed by atoms with van der Waals surface area (Å²) in [4.78, 5) is 23.1. The zero-order valence-corrected chi connectivity index (χ0v) is 29.4. The van der Waals surface area contributed by atoms with Gasteiger partial charge in [-0.1, -0.05) is 11.6 Å². The number of hydroxylamine groups is 2. The predicted molar refractivity (Wildman–Crippen MR) is 176 cm³/mol. The summed E-state index contributed by atoms with van der Waals surface area (Å²) in [6, 6.07) is 11.5. The maximum Gasteiger partial charge on any atom is 0.276 e. The molecule has 0 fully saturated rings. The first-order valence-corrected chi connectivity index (χ1v) is 15.5. The standard InChI is InChI=1S/C13H7BrClF2IN2O2.C13H7BrF3IN2O2/c2*14-7-3-5(18)1-2-9(7)19-12-6(13(21)20-22)4-8(15)10(16)11(12)17/h2*1-4,19,22H,(H,20,21). The Balaban J connectivity index is 0.000000240. The van der Waals surface area contributed by atoms with Gasteiger partial charge >= 0.3 is 0 Å². The Morgan fingerprint density at radius 3 is 1.48 bits per heavy atom. The van der Waals surface area contributed by atoms with Gasteiger partial charge in [-0.05, 0) is 126 Å². The molecule has 0 saturated carbocycles. The molecule has 0 heterocycles. The molecule has 0 atom stereocenters. The van der Waals surface area contributed by atoms with Crippen molar-refractivity contribution in [2.75, 3.05) is 10.6 Å². The van der Waals surface area contributed by atoms with Crippen LogP contribution >= 0.6 is 88.6 Å². The number of halogens is 10. The third kappa shape index (κ3) is 8.49. The van der Waals surface area contributed by atoms with Crippen LogP contribution in [0, 0.1) is 36.2 Å². The molecule has 2 amide bonds. The van der Waals surface area contributed by atoms with Gasteiger partial charge in [-0.3, -0.25) is 20.0 Å². The normalized spacial score (nSPS) is 10.5. The van der Waals surface area contributed by atoms with Crippen LogP contribution in [0.2, 0.25) is 5.02 Å². The fourth-order valence-corrected chi connectivity index (χ4v) is 6.35. The molecule has 0 aromatic heterocycles. The zero-order chi connectivity index (χ0) is 32.9. The molecule has 44 heavy (non-hydrogen) atoms. The van der Waals surface area contributed by atoms with Crippen molar-refractivity contribution in [3.8, 4) is 0 Å². The number of nitrogens with one attached hydrogen (secondary N) is 4. The van der Waals surface area contributed by atoms with Gasteiger partial charge in [0.25, 0.3) is 11.8 Å². The summed E-state index contributed by atoms with van der Waals surface area (Å²) in [5.41, 5.74) is 1.42. The van der Waals surface area contributed by atoms with E-state index in [1.54, 1.807) is 36.4 Å². The van der Waals surface area contributed by atoms with Crippen LogP contribution in [0.15, 0.2) is 57.5 Å². The molecule has 0 spiro atoms. The van der Waals surface area contributed by atoms with E-state index in [0.717, 1.165) is 13.2 Å². The Labute approximate surface area is 294 Å². The van der Waals surface area contributed by atoms with E-state index in [4.69, 9.17) is 22.0 Å². The monoisotopic (exact) mass is 988 g/mol. The van der Waals surface area contributed by atoms with Crippen LogP contribution in [0.25, 0.3) is 0 Å². The Morgan fingerprint density at radius 1 is 0.659 bits per heavy atom. The first kappa shape index (κ1) is 36.2. The van der Waals surface area contributed by atoms with Gasteiger partial charge in [0.15, 0.2) is 29.1 Å². The maximum atomic E-state index is 14.1. The fourth-order valence-electron chi connectivity index (χ4n) is 3.36. The summed E-state index contributed by atoms with van der Waals surface area (Å²) >= 11 is 16.2. The molecule has 4 rings (SSSR count). The average Bonchev–Trinajstić information content (AvgIpc) is 2.99. The second kappa shape index (κ2) is 15.8. The second-order valence-electron chi connectivity index (χ2n) is 8.20. The molecule has 0 aliphatic heterocycles. The van der Waals surface area contributed by atoms with E-state index in [1.165, 1.54) is 11.0 Å². The Hall–Kier alpha value is -2.30. The number of anilines is 4. The summed E-state index contributed by atoms with van der Waals surface area (Å²) in [6.07, 6.45) is 0. The summed E-state index contributed by atoms with van der Waals surface area (Å²) in [6.45, 7) is 0. The minimum absolute atomic E-state index is 0.331. The van der Waals surface area contributed by atoms with Crippen LogP contribution in [0.3, 0.4) is 0 Å². The maximum absolute atomic E-state index is 14.1. The number of hydrogen-bond acceptors (Lipinski definition) is 6. The molecule has 0 bridgehead atoms. The SMILES string of the molecule is O=C(NO)c1cc(Cl)c(F)c(F)c1Nc1ccc(I)cc1Br.O=C(NO)c1cc(F)c(F)c(F)c1Nc1ccc(I)cc1Br. The number of carbonyl (C=O) groups excluding carboxylic acids is 2.